The average molecular weight is 395 g/mol. The average Bonchev–Trinajstić information content (AvgIpc) is 2.79. The molecule has 1 amide bonds. The molecular weight excluding hydrogens is 382 g/mol. The molecule has 0 saturated heterocycles. The number of rotatable bonds is 2. The summed E-state index contributed by atoms with van der Waals surface area (Å²) in [5.41, 5.74) is 5.59. The van der Waals surface area contributed by atoms with Crippen molar-refractivity contribution >= 4 is 43.5 Å². The van der Waals surface area contributed by atoms with E-state index < -0.39 is 0 Å². The van der Waals surface area contributed by atoms with Gasteiger partial charge in [0.1, 0.15) is 0 Å². The Morgan fingerprint density at radius 1 is 1.20 bits per heavy atom. The lowest BCUT2D eigenvalue weighted by atomic mass is 10.0. The molecule has 102 valence electrons. The highest BCUT2D eigenvalue weighted by molar-refractivity contribution is 9.11. The van der Waals surface area contributed by atoms with E-state index >= 15 is 0 Å². The van der Waals surface area contributed by atoms with E-state index in [0.717, 1.165) is 21.3 Å². The van der Waals surface area contributed by atoms with Gasteiger partial charge in [0.2, 0.25) is 5.91 Å². The van der Waals surface area contributed by atoms with E-state index in [2.05, 4.69) is 74.4 Å². The van der Waals surface area contributed by atoms with Crippen LogP contribution >= 0.6 is 31.9 Å². The summed E-state index contributed by atoms with van der Waals surface area (Å²) in [5.74, 6) is 0.0695. The van der Waals surface area contributed by atoms with Gasteiger partial charge in [0, 0.05) is 10.2 Å². The van der Waals surface area contributed by atoms with E-state index in [1.165, 1.54) is 11.1 Å². The van der Waals surface area contributed by atoms with Gasteiger partial charge >= 0.3 is 0 Å². The van der Waals surface area contributed by atoms with Gasteiger partial charge < -0.3 is 5.32 Å². The minimum Gasteiger partial charge on any atom is -0.326 e. The van der Waals surface area contributed by atoms with Crippen LogP contribution in [-0.2, 0) is 11.2 Å². The molecule has 1 aliphatic heterocycles. The van der Waals surface area contributed by atoms with Gasteiger partial charge in [0.05, 0.1) is 11.2 Å². The van der Waals surface area contributed by atoms with Gasteiger partial charge in [-0.2, -0.15) is 0 Å². The molecule has 0 aromatic heterocycles. The Balaban J connectivity index is 1.99. The Hall–Kier alpha value is -1.13. The summed E-state index contributed by atoms with van der Waals surface area (Å²) >= 11 is 7.37. The maximum Gasteiger partial charge on any atom is 0.228 e. The zero-order chi connectivity index (χ0) is 14.3. The first-order valence-electron chi connectivity index (χ1n) is 6.37. The number of benzene rings is 2. The molecular formula is C16H13Br2NO. The van der Waals surface area contributed by atoms with Crippen LogP contribution in [0, 0.1) is 6.92 Å². The molecule has 2 aromatic rings. The van der Waals surface area contributed by atoms with Crippen molar-refractivity contribution in [1.29, 1.82) is 0 Å². The van der Waals surface area contributed by atoms with Crippen molar-refractivity contribution in [1.82, 2.24) is 0 Å². The number of alkyl halides is 1. The van der Waals surface area contributed by atoms with Crippen molar-refractivity contribution in [3.8, 4) is 0 Å². The lowest BCUT2D eigenvalue weighted by molar-refractivity contribution is -0.115. The van der Waals surface area contributed by atoms with E-state index in [1.807, 2.05) is 6.07 Å². The molecule has 3 rings (SSSR count). The third-order valence-electron chi connectivity index (χ3n) is 3.47. The van der Waals surface area contributed by atoms with E-state index in [0.29, 0.717) is 6.42 Å². The maximum absolute atomic E-state index is 11.4. The molecule has 0 fully saturated rings. The van der Waals surface area contributed by atoms with E-state index in [1.54, 1.807) is 0 Å². The molecule has 1 atom stereocenters. The van der Waals surface area contributed by atoms with Gasteiger partial charge in [-0.25, -0.2) is 0 Å². The van der Waals surface area contributed by atoms with E-state index in [9.17, 15) is 4.79 Å². The summed E-state index contributed by atoms with van der Waals surface area (Å²) in [5, 5.41) is 2.86. The number of amides is 1. The number of hydrogen-bond acceptors (Lipinski definition) is 1. The van der Waals surface area contributed by atoms with Crippen molar-refractivity contribution in [3.05, 3.63) is 63.1 Å². The molecule has 20 heavy (non-hydrogen) atoms. The fourth-order valence-electron chi connectivity index (χ4n) is 2.44. The van der Waals surface area contributed by atoms with Crippen LogP contribution < -0.4 is 5.32 Å². The molecule has 0 saturated carbocycles. The highest BCUT2D eigenvalue weighted by Crippen LogP contribution is 2.37. The fourth-order valence-corrected chi connectivity index (χ4v) is 3.89. The van der Waals surface area contributed by atoms with Crippen LogP contribution in [0.3, 0.4) is 0 Å². The zero-order valence-electron chi connectivity index (χ0n) is 10.9. The SMILES string of the molecule is Cc1ccc(Br)c(C(Br)c2ccc3c(c2)CC(=O)N3)c1. The smallest absolute Gasteiger partial charge is 0.228 e. The Bertz CT molecular complexity index is 697. The third kappa shape index (κ3) is 2.54. The molecule has 2 nitrogen and oxygen atoms in total. The number of carbonyl (C=O) groups excluding carboxylic acids is 1. The molecule has 0 bridgehead atoms. The number of nitrogens with one attached hydrogen (secondary N) is 1. The number of hydrogen-bond donors (Lipinski definition) is 1. The van der Waals surface area contributed by atoms with Crippen molar-refractivity contribution < 1.29 is 4.79 Å². The first-order chi connectivity index (χ1) is 9.54. The van der Waals surface area contributed by atoms with Crippen LogP contribution in [0.4, 0.5) is 5.69 Å². The lowest BCUT2D eigenvalue weighted by Gasteiger charge is -2.14. The first-order valence-corrected chi connectivity index (χ1v) is 8.08. The van der Waals surface area contributed by atoms with Gasteiger partial charge in [0.15, 0.2) is 0 Å². The highest BCUT2D eigenvalue weighted by Gasteiger charge is 2.20. The van der Waals surface area contributed by atoms with Gasteiger partial charge in [-0.1, -0.05) is 61.7 Å². The normalized spacial score (nSPS) is 14.8. The molecule has 0 spiro atoms. The predicted molar refractivity (Wildman–Crippen MR) is 88.4 cm³/mol. The van der Waals surface area contributed by atoms with Crippen molar-refractivity contribution in [3.63, 3.8) is 0 Å². The first kappa shape index (κ1) is 13.8. The third-order valence-corrected chi connectivity index (χ3v) is 5.22. The largest absolute Gasteiger partial charge is 0.326 e. The monoisotopic (exact) mass is 393 g/mol. The molecule has 1 heterocycles. The molecule has 4 heteroatoms. The summed E-state index contributed by atoms with van der Waals surface area (Å²) in [7, 11) is 0. The number of halogens is 2. The molecule has 1 N–H and O–H groups in total. The topological polar surface area (TPSA) is 29.1 Å². The van der Waals surface area contributed by atoms with Crippen molar-refractivity contribution in [2.24, 2.45) is 0 Å². The second-order valence-corrected chi connectivity index (χ2v) is 6.80. The summed E-state index contributed by atoms with van der Waals surface area (Å²) in [6.07, 6.45) is 0.470. The quantitative estimate of drug-likeness (QED) is 0.732. The Labute approximate surface area is 134 Å². The van der Waals surface area contributed by atoms with Crippen LogP contribution in [0.15, 0.2) is 40.9 Å². The standard InChI is InChI=1S/C16H13Br2NO/c1-9-2-4-13(17)12(6-9)16(18)10-3-5-14-11(7-10)8-15(20)19-14/h2-7,16H,8H2,1H3,(H,19,20). The summed E-state index contributed by atoms with van der Waals surface area (Å²) in [6.45, 7) is 2.08. The molecule has 1 unspecified atom stereocenters. The number of aryl methyl sites for hydroxylation is 1. The number of fused-ring (bicyclic) bond motifs is 1. The summed E-state index contributed by atoms with van der Waals surface area (Å²) in [6, 6.07) is 12.4. The van der Waals surface area contributed by atoms with Crippen LogP contribution in [0.2, 0.25) is 0 Å². The number of carbonyl (C=O) groups is 1. The predicted octanol–water partition coefficient (Wildman–Crippen LogP) is 4.74. The van der Waals surface area contributed by atoms with Gasteiger partial charge in [-0.15, -0.1) is 0 Å². The fraction of sp³-hybridized carbons (Fsp3) is 0.188. The highest BCUT2D eigenvalue weighted by atomic mass is 79.9. The molecule has 0 radical (unpaired) electrons. The minimum atomic E-state index is 0.0695. The Kier molecular flexibility index (Phi) is 3.69. The van der Waals surface area contributed by atoms with Crippen molar-refractivity contribution in [2.45, 2.75) is 18.2 Å². The zero-order valence-corrected chi connectivity index (χ0v) is 14.1. The maximum atomic E-state index is 11.4. The van der Waals surface area contributed by atoms with Crippen LogP contribution in [0.5, 0.6) is 0 Å². The molecule has 1 aliphatic rings. The van der Waals surface area contributed by atoms with Crippen LogP contribution in [-0.4, -0.2) is 5.91 Å². The van der Waals surface area contributed by atoms with Gasteiger partial charge in [0.25, 0.3) is 0 Å². The van der Waals surface area contributed by atoms with Gasteiger partial charge in [-0.05, 0) is 35.7 Å². The molecule has 0 aliphatic carbocycles. The van der Waals surface area contributed by atoms with E-state index in [4.69, 9.17) is 0 Å². The minimum absolute atomic E-state index is 0.0695. The number of anilines is 1. The van der Waals surface area contributed by atoms with Crippen LogP contribution in [0.1, 0.15) is 27.1 Å². The van der Waals surface area contributed by atoms with Crippen molar-refractivity contribution in [2.75, 3.05) is 5.32 Å². The van der Waals surface area contributed by atoms with Crippen LogP contribution in [0.25, 0.3) is 0 Å². The lowest BCUT2D eigenvalue weighted by Crippen LogP contribution is -2.03. The second kappa shape index (κ2) is 5.34. The van der Waals surface area contributed by atoms with E-state index in [-0.39, 0.29) is 10.7 Å². The van der Waals surface area contributed by atoms with Gasteiger partial charge in [-0.3, -0.25) is 4.79 Å². The molecule has 2 aromatic carbocycles. The Morgan fingerprint density at radius 2 is 2.00 bits per heavy atom. The summed E-state index contributed by atoms with van der Waals surface area (Å²) < 4.78 is 1.08. The second-order valence-electron chi connectivity index (χ2n) is 5.03. The summed E-state index contributed by atoms with van der Waals surface area (Å²) in [4.78, 5) is 11.5. The Morgan fingerprint density at radius 3 is 2.80 bits per heavy atom.